The van der Waals surface area contributed by atoms with E-state index in [-0.39, 0.29) is 24.4 Å². The molecule has 1 heterocycles. The van der Waals surface area contributed by atoms with E-state index in [1.165, 1.54) is 17.8 Å². The van der Waals surface area contributed by atoms with Gasteiger partial charge in [-0.3, -0.25) is 9.69 Å². The first-order valence-corrected chi connectivity index (χ1v) is 11.4. The number of hydrogen-bond acceptors (Lipinski definition) is 4. The highest BCUT2D eigenvalue weighted by molar-refractivity contribution is 5.81. The minimum absolute atomic E-state index is 0.0245. The van der Waals surface area contributed by atoms with Crippen molar-refractivity contribution in [2.75, 3.05) is 37.7 Å². The van der Waals surface area contributed by atoms with Gasteiger partial charge in [-0.1, -0.05) is 54.6 Å². The lowest BCUT2D eigenvalue weighted by atomic mass is 10.0. The van der Waals surface area contributed by atoms with E-state index in [2.05, 4.69) is 27.2 Å². The number of hydrogen-bond donors (Lipinski definition) is 2. The lowest BCUT2D eigenvalue weighted by Crippen LogP contribution is -2.55. The monoisotopic (exact) mass is 447 g/mol. The van der Waals surface area contributed by atoms with Gasteiger partial charge in [-0.15, -0.1) is 0 Å². The maximum atomic E-state index is 13.1. The van der Waals surface area contributed by atoms with E-state index >= 15 is 0 Å². The lowest BCUT2D eigenvalue weighted by Gasteiger charge is -2.39. The van der Waals surface area contributed by atoms with Gasteiger partial charge in [0.15, 0.2) is 0 Å². The van der Waals surface area contributed by atoms with Gasteiger partial charge < -0.3 is 15.3 Å². The Morgan fingerprint density at radius 2 is 1.48 bits per heavy atom. The number of aliphatic hydroxyl groups excluding tert-OH is 1. The maximum absolute atomic E-state index is 13.1. The zero-order valence-corrected chi connectivity index (χ0v) is 18.7. The van der Waals surface area contributed by atoms with E-state index in [0.29, 0.717) is 13.0 Å². The Balaban J connectivity index is 1.31. The normalized spacial score (nSPS) is 15.3. The third-order valence-electron chi connectivity index (χ3n) is 6.18. The number of piperazine rings is 1. The second-order valence-corrected chi connectivity index (χ2v) is 8.31. The van der Waals surface area contributed by atoms with Crippen molar-refractivity contribution in [3.8, 4) is 11.1 Å². The molecular weight excluding hydrogens is 417 g/mol. The highest BCUT2D eigenvalue weighted by atomic mass is 19.1. The van der Waals surface area contributed by atoms with Crippen LogP contribution >= 0.6 is 0 Å². The molecule has 2 N–H and O–H groups in total. The molecule has 1 saturated heterocycles. The summed E-state index contributed by atoms with van der Waals surface area (Å²) in [5.74, 6) is -0.309. The van der Waals surface area contributed by atoms with Gasteiger partial charge in [0.1, 0.15) is 5.82 Å². The summed E-state index contributed by atoms with van der Waals surface area (Å²) >= 11 is 0. The third kappa shape index (κ3) is 5.97. The van der Waals surface area contributed by atoms with E-state index < -0.39 is 0 Å². The number of nitrogens with one attached hydrogen (secondary N) is 1. The first-order chi connectivity index (χ1) is 16.1. The molecule has 5 nitrogen and oxygen atoms in total. The van der Waals surface area contributed by atoms with E-state index in [1.54, 1.807) is 12.1 Å². The van der Waals surface area contributed by atoms with Crippen molar-refractivity contribution >= 4 is 11.6 Å². The fourth-order valence-electron chi connectivity index (χ4n) is 4.30. The first kappa shape index (κ1) is 23.0. The summed E-state index contributed by atoms with van der Waals surface area (Å²) in [6, 6.07) is 24.3. The van der Waals surface area contributed by atoms with Crippen molar-refractivity contribution in [1.82, 2.24) is 10.2 Å². The molecule has 1 aliphatic heterocycles. The molecule has 3 aromatic carbocycles. The van der Waals surface area contributed by atoms with Crippen molar-refractivity contribution in [3.05, 3.63) is 90.2 Å². The van der Waals surface area contributed by atoms with Gasteiger partial charge in [-0.2, -0.15) is 0 Å². The molecule has 1 fully saturated rings. The Kier molecular flexibility index (Phi) is 7.70. The number of benzene rings is 3. The standard InChI is InChI=1S/C27H30FN3O2/c28-24-12-10-23(11-13-24)22-8-6-21(7-9-22)20-29-27(33)26(14-19-32)31-17-15-30(16-18-31)25-4-2-1-3-5-25/h1-13,26,32H,14-20H2,(H,29,33). The number of rotatable bonds is 8. The Bertz CT molecular complexity index is 1020. The van der Waals surface area contributed by atoms with Crippen molar-refractivity contribution in [2.45, 2.75) is 19.0 Å². The highest BCUT2D eigenvalue weighted by Gasteiger charge is 2.28. The Morgan fingerprint density at radius 1 is 0.879 bits per heavy atom. The highest BCUT2D eigenvalue weighted by Crippen LogP contribution is 2.21. The third-order valence-corrected chi connectivity index (χ3v) is 6.18. The topological polar surface area (TPSA) is 55.8 Å². The predicted molar refractivity (Wildman–Crippen MR) is 129 cm³/mol. The second-order valence-electron chi connectivity index (χ2n) is 8.31. The Morgan fingerprint density at radius 3 is 2.09 bits per heavy atom. The minimum Gasteiger partial charge on any atom is -0.396 e. The quantitative estimate of drug-likeness (QED) is 0.553. The molecule has 172 valence electrons. The molecular formula is C27H30FN3O2. The number of carbonyl (C=O) groups is 1. The molecule has 0 aliphatic carbocycles. The Hall–Kier alpha value is -3.22. The predicted octanol–water partition coefficient (Wildman–Crippen LogP) is 3.68. The largest absolute Gasteiger partial charge is 0.396 e. The van der Waals surface area contributed by atoms with Gasteiger partial charge >= 0.3 is 0 Å². The van der Waals surface area contributed by atoms with Gasteiger partial charge in [0.25, 0.3) is 0 Å². The van der Waals surface area contributed by atoms with Gasteiger partial charge in [-0.05, 0) is 47.4 Å². The van der Waals surface area contributed by atoms with Gasteiger partial charge in [-0.25, -0.2) is 4.39 Å². The molecule has 1 atom stereocenters. The van der Waals surface area contributed by atoms with Crippen molar-refractivity contribution in [3.63, 3.8) is 0 Å². The summed E-state index contributed by atoms with van der Waals surface area (Å²) in [6.07, 6.45) is 0.417. The van der Waals surface area contributed by atoms with E-state index in [4.69, 9.17) is 0 Å². The van der Waals surface area contributed by atoms with Crippen molar-refractivity contribution in [2.24, 2.45) is 0 Å². The SMILES string of the molecule is O=C(NCc1ccc(-c2ccc(F)cc2)cc1)C(CCO)N1CCN(c2ccccc2)CC1. The molecule has 0 bridgehead atoms. The molecule has 0 radical (unpaired) electrons. The molecule has 0 aromatic heterocycles. The van der Waals surface area contributed by atoms with Crippen LogP contribution in [0.15, 0.2) is 78.9 Å². The molecule has 1 amide bonds. The van der Waals surface area contributed by atoms with E-state index in [1.807, 2.05) is 42.5 Å². The van der Waals surface area contributed by atoms with Crippen molar-refractivity contribution < 1.29 is 14.3 Å². The van der Waals surface area contributed by atoms with E-state index in [0.717, 1.165) is 42.9 Å². The van der Waals surface area contributed by atoms with Crippen molar-refractivity contribution in [1.29, 1.82) is 0 Å². The summed E-state index contributed by atoms with van der Waals surface area (Å²) in [7, 11) is 0. The number of anilines is 1. The number of carbonyl (C=O) groups excluding carboxylic acids is 1. The summed E-state index contributed by atoms with van der Waals surface area (Å²) in [4.78, 5) is 17.5. The molecule has 3 aromatic rings. The van der Waals surface area contributed by atoms with Crippen LogP contribution in [0.1, 0.15) is 12.0 Å². The zero-order valence-electron chi connectivity index (χ0n) is 18.7. The van der Waals surface area contributed by atoms with Gasteiger partial charge in [0, 0.05) is 45.0 Å². The summed E-state index contributed by atoms with van der Waals surface area (Å²) in [6.45, 7) is 3.66. The molecule has 4 rings (SSSR count). The minimum atomic E-state index is -0.341. The van der Waals surface area contributed by atoms with Crippen LogP contribution in [0.4, 0.5) is 10.1 Å². The van der Waals surface area contributed by atoms with Crippen LogP contribution in [0, 0.1) is 5.82 Å². The van der Waals surface area contributed by atoms with Crippen LogP contribution < -0.4 is 10.2 Å². The summed E-state index contributed by atoms with van der Waals surface area (Å²) < 4.78 is 13.1. The van der Waals surface area contributed by atoms with Crippen LogP contribution in [-0.2, 0) is 11.3 Å². The van der Waals surface area contributed by atoms with Crippen LogP contribution in [0.2, 0.25) is 0 Å². The van der Waals surface area contributed by atoms with E-state index in [9.17, 15) is 14.3 Å². The van der Waals surface area contributed by atoms with Crippen LogP contribution in [0.5, 0.6) is 0 Å². The van der Waals surface area contributed by atoms with Crippen LogP contribution in [-0.4, -0.2) is 54.7 Å². The fourth-order valence-corrected chi connectivity index (χ4v) is 4.30. The lowest BCUT2D eigenvalue weighted by molar-refractivity contribution is -0.127. The van der Waals surface area contributed by atoms with Crippen LogP contribution in [0.25, 0.3) is 11.1 Å². The van der Waals surface area contributed by atoms with Crippen LogP contribution in [0.3, 0.4) is 0 Å². The maximum Gasteiger partial charge on any atom is 0.237 e. The molecule has 0 spiro atoms. The second kappa shape index (κ2) is 11.1. The average molecular weight is 448 g/mol. The summed E-state index contributed by atoms with van der Waals surface area (Å²) in [5.41, 5.74) is 4.14. The zero-order chi connectivity index (χ0) is 23.0. The number of amides is 1. The Labute approximate surface area is 194 Å². The molecule has 0 saturated carbocycles. The van der Waals surface area contributed by atoms with Gasteiger partial charge in [0.2, 0.25) is 5.91 Å². The fraction of sp³-hybridized carbons (Fsp3) is 0.296. The number of nitrogens with zero attached hydrogens (tertiary/aromatic N) is 2. The number of halogens is 1. The van der Waals surface area contributed by atoms with Gasteiger partial charge in [0.05, 0.1) is 6.04 Å². The number of para-hydroxylation sites is 1. The molecule has 1 unspecified atom stereocenters. The molecule has 33 heavy (non-hydrogen) atoms. The summed E-state index contributed by atoms with van der Waals surface area (Å²) in [5, 5.41) is 12.6. The first-order valence-electron chi connectivity index (χ1n) is 11.4. The molecule has 6 heteroatoms. The average Bonchev–Trinajstić information content (AvgIpc) is 2.87. The smallest absolute Gasteiger partial charge is 0.237 e. The number of aliphatic hydroxyl groups is 1. The molecule has 1 aliphatic rings.